The molecule has 0 saturated carbocycles. The quantitative estimate of drug-likeness (QED) is 0.465. The number of carbonyl (C=O) groups excluding carboxylic acids is 2. The first-order chi connectivity index (χ1) is 15.0. The second-order valence-corrected chi connectivity index (χ2v) is 9.00. The third-order valence-corrected chi connectivity index (χ3v) is 6.21. The highest BCUT2D eigenvalue weighted by Crippen LogP contribution is 2.26. The first kappa shape index (κ1) is 21.5. The summed E-state index contributed by atoms with van der Waals surface area (Å²) in [5, 5.41) is 4.66. The summed E-state index contributed by atoms with van der Waals surface area (Å²) in [5.74, 6) is 0.386. The first-order valence-electron chi connectivity index (χ1n) is 10.5. The van der Waals surface area contributed by atoms with Crippen molar-refractivity contribution in [3.63, 3.8) is 0 Å². The molecule has 0 radical (unpaired) electrons. The summed E-state index contributed by atoms with van der Waals surface area (Å²) in [4.78, 5) is 26.0. The zero-order valence-corrected chi connectivity index (χ0v) is 19.0. The van der Waals surface area contributed by atoms with Gasteiger partial charge in [-0.05, 0) is 35.4 Å². The summed E-state index contributed by atoms with van der Waals surface area (Å²) < 4.78 is 3.07. The van der Waals surface area contributed by atoms with E-state index in [1.54, 1.807) is 4.90 Å². The number of halogens is 1. The summed E-state index contributed by atoms with van der Waals surface area (Å²) >= 11 is 3.57. The zero-order valence-electron chi connectivity index (χ0n) is 17.4. The Morgan fingerprint density at radius 3 is 2.65 bits per heavy atom. The fourth-order valence-corrected chi connectivity index (χ4v) is 4.50. The molecule has 0 aliphatic carbocycles. The molecular formula is C25H26BrN3O2. The van der Waals surface area contributed by atoms with Gasteiger partial charge in [-0.1, -0.05) is 52.8 Å². The van der Waals surface area contributed by atoms with Gasteiger partial charge in [0.25, 0.3) is 0 Å². The van der Waals surface area contributed by atoms with Gasteiger partial charge in [-0.3, -0.25) is 9.59 Å². The molecule has 160 valence electrons. The highest BCUT2D eigenvalue weighted by molar-refractivity contribution is 9.10. The lowest BCUT2D eigenvalue weighted by molar-refractivity contribution is -0.134. The molecule has 1 aliphatic rings. The normalized spacial score (nSPS) is 13.9. The number of Topliss-reactive ketones (excluding diaryl/α,β-unsaturated/α-hetero) is 1. The van der Waals surface area contributed by atoms with Gasteiger partial charge in [0.15, 0.2) is 5.78 Å². The van der Waals surface area contributed by atoms with Crippen molar-refractivity contribution in [1.82, 2.24) is 14.8 Å². The number of nitrogens with one attached hydrogen (secondary N) is 1. The average molecular weight is 480 g/mol. The molecule has 1 saturated heterocycles. The van der Waals surface area contributed by atoms with E-state index in [2.05, 4.69) is 62.9 Å². The molecule has 0 atom stereocenters. The summed E-state index contributed by atoms with van der Waals surface area (Å²) in [6, 6.07) is 16.5. The van der Waals surface area contributed by atoms with E-state index in [9.17, 15) is 9.59 Å². The third kappa shape index (κ3) is 5.14. The standard InChI is InChI=1S/C25H26BrN3O2/c1-2-25(31)29-14-19(15-29)10-22(30)17-28-16-20(23-11-21(26)8-9-24(23)28)13-27-12-18-6-4-3-5-7-18/h2-9,11,16,19,27H,1,10,12-15,17H2. The molecule has 1 aromatic heterocycles. The maximum absolute atomic E-state index is 12.7. The van der Waals surface area contributed by atoms with Crippen LogP contribution in [0.25, 0.3) is 10.9 Å². The average Bonchev–Trinajstić information content (AvgIpc) is 3.07. The number of likely N-dealkylation sites (tertiary alicyclic amines) is 1. The van der Waals surface area contributed by atoms with Crippen LogP contribution in [0.1, 0.15) is 17.5 Å². The van der Waals surface area contributed by atoms with Crippen LogP contribution in [0.4, 0.5) is 0 Å². The zero-order chi connectivity index (χ0) is 21.8. The molecule has 3 aromatic rings. The van der Waals surface area contributed by atoms with E-state index in [4.69, 9.17) is 0 Å². The van der Waals surface area contributed by atoms with Gasteiger partial charge in [0.05, 0.1) is 6.54 Å². The molecular weight excluding hydrogens is 454 g/mol. The maximum atomic E-state index is 12.7. The molecule has 1 aliphatic heterocycles. The van der Waals surface area contributed by atoms with Crippen LogP contribution in [0.3, 0.4) is 0 Å². The smallest absolute Gasteiger partial charge is 0.245 e. The molecule has 0 spiro atoms. The monoisotopic (exact) mass is 479 g/mol. The molecule has 2 aromatic carbocycles. The van der Waals surface area contributed by atoms with Gasteiger partial charge in [0.2, 0.25) is 5.91 Å². The van der Waals surface area contributed by atoms with Crippen molar-refractivity contribution >= 4 is 38.5 Å². The Hall–Kier alpha value is -2.70. The van der Waals surface area contributed by atoms with Gasteiger partial charge in [0, 0.05) is 60.1 Å². The van der Waals surface area contributed by atoms with Gasteiger partial charge < -0.3 is 14.8 Å². The van der Waals surface area contributed by atoms with E-state index in [-0.39, 0.29) is 17.6 Å². The van der Waals surface area contributed by atoms with Crippen molar-refractivity contribution in [1.29, 1.82) is 0 Å². The van der Waals surface area contributed by atoms with Crippen molar-refractivity contribution in [3.05, 3.63) is 83.0 Å². The van der Waals surface area contributed by atoms with Crippen molar-refractivity contribution < 1.29 is 9.59 Å². The van der Waals surface area contributed by atoms with E-state index in [0.717, 1.165) is 28.5 Å². The number of carbonyl (C=O) groups is 2. The van der Waals surface area contributed by atoms with Crippen molar-refractivity contribution in [3.8, 4) is 0 Å². The number of hydrogen-bond donors (Lipinski definition) is 1. The summed E-state index contributed by atoms with van der Waals surface area (Å²) in [5.41, 5.74) is 3.48. The lowest BCUT2D eigenvalue weighted by atomic mass is 9.94. The van der Waals surface area contributed by atoms with Gasteiger partial charge in [-0.25, -0.2) is 0 Å². The summed E-state index contributed by atoms with van der Waals surface area (Å²) in [6.45, 7) is 6.67. The molecule has 1 fully saturated rings. The number of amides is 1. The highest BCUT2D eigenvalue weighted by atomic mass is 79.9. The Morgan fingerprint density at radius 1 is 1.13 bits per heavy atom. The number of benzene rings is 2. The SMILES string of the molecule is C=CC(=O)N1CC(CC(=O)Cn2cc(CNCc3ccccc3)c3cc(Br)ccc32)C1. The molecule has 0 unspecified atom stereocenters. The highest BCUT2D eigenvalue weighted by Gasteiger charge is 2.30. The third-order valence-electron chi connectivity index (χ3n) is 5.72. The first-order valence-corrected chi connectivity index (χ1v) is 11.3. The Morgan fingerprint density at radius 2 is 1.90 bits per heavy atom. The second kappa shape index (κ2) is 9.62. The molecule has 6 heteroatoms. The molecule has 4 rings (SSSR count). The van der Waals surface area contributed by atoms with Gasteiger partial charge >= 0.3 is 0 Å². The minimum absolute atomic E-state index is 0.0571. The van der Waals surface area contributed by atoms with Crippen molar-refractivity contribution in [2.75, 3.05) is 13.1 Å². The summed E-state index contributed by atoms with van der Waals surface area (Å²) in [6.07, 6.45) is 3.91. The molecule has 31 heavy (non-hydrogen) atoms. The van der Waals surface area contributed by atoms with Crippen LogP contribution < -0.4 is 5.32 Å². The number of hydrogen-bond acceptors (Lipinski definition) is 3. The minimum Gasteiger partial charge on any atom is -0.340 e. The maximum Gasteiger partial charge on any atom is 0.245 e. The fourth-order valence-electron chi connectivity index (χ4n) is 4.14. The molecule has 1 amide bonds. The lowest BCUT2D eigenvalue weighted by Crippen LogP contribution is -2.50. The molecule has 5 nitrogen and oxygen atoms in total. The number of ketones is 1. The van der Waals surface area contributed by atoms with E-state index >= 15 is 0 Å². The predicted octanol–water partition coefficient (Wildman–Crippen LogP) is 4.30. The van der Waals surface area contributed by atoms with Crippen LogP contribution in [0.5, 0.6) is 0 Å². The molecule has 1 N–H and O–H groups in total. The van der Waals surface area contributed by atoms with Crippen molar-refractivity contribution in [2.45, 2.75) is 26.1 Å². The Bertz CT molecular complexity index is 1100. The van der Waals surface area contributed by atoms with Gasteiger partial charge in [0.1, 0.15) is 0 Å². The van der Waals surface area contributed by atoms with Crippen LogP contribution in [0.2, 0.25) is 0 Å². The number of nitrogens with zero attached hydrogens (tertiary/aromatic N) is 2. The second-order valence-electron chi connectivity index (χ2n) is 8.09. The predicted molar refractivity (Wildman–Crippen MR) is 127 cm³/mol. The van der Waals surface area contributed by atoms with Crippen LogP contribution in [-0.2, 0) is 29.2 Å². The largest absolute Gasteiger partial charge is 0.340 e. The Labute approximate surface area is 190 Å². The van der Waals surface area contributed by atoms with Crippen LogP contribution in [0.15, 0.2) is 71.9 Å². The van der Waals surface area contributed by atoms with E-state index in [0.29, 0.717) is 26.1 Å². The minimum atomic E-state index is -0.0571. The molecule has 2 heterocycles. The van der Waals surface area contributed by atoms with Crippen molar-refractivity contribution in [2.24, 2.45) is 5.92 Å². The topological polar surface area (TPSA) is 54.3 Å². The molecule has 0 bridgehead atoms. The van der Waals surface area contributed by atoms with E-state index in [1.165, 1.54) is 17.2 Å². The van der Waals surface area contributed by atoms with E-state index in [1.807, 2.05) is 24.3 Å². The summed E-state index contributed by atoms with van der Waals surface area (Å²) in [7, 11) is 0. The van der Waals surface area contributed by atoms with Gasteiger partial charge in [-0.2, -0.15) is 0 Å². The number of fused-ring (bicyclic) bond motifs is 1. The van der Waals surface area contributed by atoms with E-state index < -0.39 is 0 Å². The van der Waals surface area contributed by atoms with Crippen LogP contribution >= 0.6 is 15.9 Å². The van der Waals surface area contributed by atoms with Crippen LogP contribution in [-0.4, -0.2) is 34.2 Å². The van der Waals surface area contributed by atoms with Gasteiger partial charge in [-0.15, -0.1) is 0 Å². The lowest BCUT2D eigenvalue weighted by Gasteiger charge is -2.38. The van der Waals surface area contributed by atoms with Crippen LogP contribution in [0, 0.1) is 5.92 Å². The Balaban J connectivity index is 1.41. The number of rotatable bonds is 9. The Kier molecular flexibility index (Phi) is 6.68. The number of aromatic nitrogens is 1. The fraction of sp³-hybridized carbons (Fsp3) is 0.280.